The number of hydrogen-bond acceptors (Lipinski definition) is 5. The number of anilines is 1. The van der Waals surface area contributed by atoms with Gasteiger partial charge in [-0.2, -0.15) is 5.26 Å². The zero-order valence-corrected chi connectivity index (χ0v) is 16.1. The molecule has 1 amide bonds. The van der Waals surface area contributed by atoms with E-state index in [0.717, 1.165) is 5.56 Å². The van der Waals surface area contributed by atoms with Gasteiger partial charge in [-0.25, -0.2) is 4.98 Å². The van der Waals surface area contributed by atoms with Crippen LogP contribution in [-0.2, 0) is 0 Å². The molecule has 0 aliphatic heterocycles. The zero-order valence-electron chi connectivity index (χ0n) is 13.7. The number of primary amides is 1. The topological polar surface area (TPSA) is 91.8 Å². The van der Waals surface area contributed by atoms with Crippen LogP contribution in [0.1, 0.15) is 15.4 Å². The van der Waals surface area contributed by atoms with Gasteiger partial charge in [0, 0.05) is 17.1 Å². The van der Waals surface area contributed by atoms with Crippen molar-refractivity contribution in [2.45, 2.75) is 0 Å². The molecular formula is C19H12Cl2N4OS. The summed E-state index contributed by atoms with van der Waals surface area (Å²) in [6.07, 6.45) is 1.50. The summed E-state index contributed by atoms with van der Waals surface area (Å²) < 4.78 is 0. The van der Waals surface area contributed by atoms with Crippen LogP contribution in [0.4, 0.5) is 5.69 Å². The summed E-state index contributed by atoms with van der Waals surface area (Å²) >= 11 is 13.3. The van der Waals surface area contributed by atoms with Crippen molar-refractivity contribution in [3.05, 3.63) is 74.7 Å². The number of aromatic nitrogens is 1. The van der Waals surface area contributed by atoms with Gasteiger partial charge >= 0.3 is 0 Å². The number of nitrogens with two attached hydrogens (primary N) is 1. The third kappa shape index (κ3) is 4.29. The van der Waals surface area contributed by atoms with E-state index in [2.05, 4.69) is 16.4 Å². The van der Waals surface area contributed by atoms with Crippen molar-refractivity contribution in [1.29, 1.82) is 5.26 Å². The molecule has 0 atom stereocenters. The summed E-state index contributed by atoms with van der Waals surface area (Å²) in [7, 11) is 0. The molecule has 1 aromatic heterocycles. The molecule has 5 nitrogen and oxygen atoms in total. The lowest BCUT2D eigenvalue weighted by Crippen LogP contribution is -2.13. The quantitative estimate of drug-likeness (QED) is 0.561. The van der Waals surface area contributed by atoms with Gasteiger partial charge in [-0.1, -0.05) is 41.4 Å². The van der Waals surface area contributed by atoms with E-state index in [9.17, 15) is 10.1 Å². The number of benzene rings is 2. The first-order valence-corrected chi connectivity index (χ1v) is 9.30. The van der Waals surface area contributed by atoms with Gasteiger partial charge in [0.15, 0.2) is 0 Å². The summed E-state index contributed by atoms with van der Waals surface area (Å²) in [4.78, 5) is 16.0. The molecule has 27 heavy (non-hydrogen) atoms. The molecule has 2 aromatic carbocycles. The molecule has 8 heteroatoms. The van der Waals surface area contributed by atoms with Crippen molar-refractivity contribution < 1.29 is 4.79 Å². The number of rotatable bonds is 5. The average Bonchev–Trinajstić information content (AvgIpc) is 3.14. The van der Waals surface area contributed by atoms with Gasteiger partial charge in [-0.3, -0.25) is 4.79 Å². The van der Waals surface area contributed by atoms with Crippen molar-refractivity contribution in [3.8, 4) is 17.3 Å². The van der Waals surface area contributed by atoms with E-state index in [1.807, 2.05) is 11.4 Å². The lowest BCUT2D eigenvalue weighted by molar-refractivity contribution is 0.100. The Kier molecular flexibility index (Phi) is 5.77. The Hall–Kier alpha value is -2.85. The molecule has 0 unspecified atom stereocenters. The normalized spacial score (nSPS) is 11.1. The largest absolute Gasteiger partial charge is 0.366 e. The molecular weight excluding hydrogens is 403 g/mol. The number of hydrogen-bond donors (Lipinski definition) is 2. The molecule has 3 rings (SSSR count). The Labute approximate surface area is 169 Å². The van der Waals surface area contributed by atoms with Gasteiger partial charge in [-0.15, -0.1) is 11.3 Å². The summed E-state index contributed by atoms with van der Waals surface area (Å²) in [6, 6.07) is 14.1. The van der Waals surface area contributed by atoms with Crippen molar-refractivity contribution in [3.63, 3.8) is 0 Å². The second-order valence-corrected chi connectivity index (χ2v) is 7.06. The van der Waals surface area contributed by atoms with Crippen molar-refractivity contribution in [2.24, 2.45) is 5.73 Å². The smallest absolute Gasteiger partial charge is 0.250 e. The fourth-order valence-corrected chi connectivity index (χ4v) is 3.39. The van der Waals surface area contributed by atoms with E-state index in [-0.39, 0.29) is 0 Å². The second-order valence-electron chi connectivity index (χ2n) is 5.39. The van der Waals surface area contributed by atoms with Crippen LogP contribution >= 0.6 is 34.5 Å². The Morgan fingerprint density at radius 2 is 2.00 bits per heavy atom. The highest BCUT2D eigenvalue weighted by atomic mass is 35.5. The molecule has 3 N–H and O–H groups in total. The molecule has 134 valence electrons. The van der Waals surface area contributed by atoms with Crippen LogP contribution in [0.5, 0.6) is 0 Å². The minimum atomic E-state index is -0.554. The molecule has 3 aromatic rings. The second kappa shape index (κ2) is 8.23. The number of para-hydroxylation sites is 1. The average molecular weight is 415 g/mol. The van der Waals surface area contributed by atoms with Crippen LogP contribution < -0.4 is 11.1 Å². The SMILES string of the molecule is N#CC(=CNc1ccccc1C(N)=O)c1nc(-c2ccc(Cl)c(Cl)c2)cs1. The number of nitrogens with zero attached hydrogens (tertiary/aromatic N) is 2. The number of carbonyl (C=O) groups excluding carboxylic acids is 1. The van der Waals surface area contributed by atoms with Gasteiger partial charge in [0.2, 0.25) is 0 Å². The molecule has 1 heterocycles. The summed E-state index contributed by atoms with van der Waals surface area (Å²) in [5.74, 6) is -0.554. The maximum atomic E-state index is 11.5. The number of amides is 1. The molecule has 0 bridgehead atoms. The summed E-state index contributed by atoms with van der Waals surface area (Å²) in [6.45, 7) is 0. The standard InChI is InChI=1S/C19H12Cl2N4OS/c20-14-6-5-11(7-15(14)21)17-10-27-19(25-17)12(8-22)9-24-16-4-2-1-3-13(16)18(23)26/h1-7,9-10,24H,(H2,23,26). The minimum absolute atomic E-state index is 0.325. The maximum Gasteiger partial charge on any atom is 0.250 e. The number of nitrogens with one attached hydrogen (secondary N) is 1. The highest BCUT2D eigenvalue weighted by Crippen LogP contribution is 2.31. The molecule has 0 aliphatic rings. The number of nitriles is 1. The zero-order chi connectivity index (χ0) is 19.4. The van der Waals surface area contributed by atoms with E-state index in [0.29, 0.717) is 37.6 Å². The number of allylic oxidation sites excluding steroid dienone is 1. The van der Waals surface area contributed by atoms with E-state index in [4.69, 9.17) is 28.9 Å². The van der Waals surface area contributed by atoms with E-state index in [1.165, 1.54) is 17.5 Å². The van der Waals surface area contributed by atoms with E-state index >= 15 is 0 Å². The van der Waals surface area contributed by atoms with Gasteiger partial charge in [0.25, 0.3) is 5.91 Å². The maximum absolute atomic E-state index is 11.5. The van der Waals surface area contributed by atoms with Crippen LogP contribution in [0.25, 0.3) is 16.8 Å². The Balaban J connectivity index is 1.88. The summed E-state index contributed by atoms with van der Waals surface area (Å²) in [5, 5.41) is 15.7. The molecule has 0 aliphatic carbocycles. The lowest BCUT2D eigenvalue weighted by Gasteiger charge is -2.06. The van der Waals surface area contributed by atoms with Crippen LogP contribution in [0, 0.1) is 11.3 Å². The third-order valence-electron chi connectivity index (χ3n) is 3.63. The Morgan fingerprint density at radius 1 is 1.22 bits per heavy atom. The fourth-order valence-electron chi connectivity index (χ4n) is 2.30. The third-order valence-corrected chi connectivity index (χ3v) is 5.25. The first-order chi connectivity index (χ1) is 13.0. The molecule has 0 saturated carbocycles. The molecule has 0 spiro atoms. The highest BCUT2D eigenvalue weighted by molar-refractivity contribution is 7.11. The van der Waals surface area contributed by atoms with Gasteiger partial charge in [0.05, 0.1) is 27.0 Å². The number of halogens is 2. The van der Waals surface area contributed by atoms with Crippen molar-refractivity contribution >= 4 is 51.7 Å². The minimum Gasteiger partial charge on any atom is -0.366 e. The van der Waals surface area contributed by atoms with Gasteiger partial charge in [-0.05, 0) is 24.3 Å². The lowest BCUT2D eigenvalue weighted by atomic mass is 10.1. The Morgan fingerprint density at radius 3 is 2.70 bits per heavy atom. The van der Waals surface area contributed by atoms with Crippen molar-refractivity contribution in [2.75, 3.05) is 5.32 Å². The fraction of sp³-hybridized carbons (Fsp3) is 0. The van der Waals surface area contributed by atoms with Crippen LogP contribution in [0.2, 0.25) is 10.0 Å². The Bertz CT molecular complexity index is 1090. The monoisotopic (exact) mass is 414 g/mol. The van der Waals surface area contributed by atoms with Crippen LogP contribution in [0.3, 0.4) is 0 Å². The predicted molar refractivity (Wildman–Crippen MR) is 110 cm³/mol. The van der Waals surface area contributed by atoms with E-state index in [1.54, 1.807) is 36.4 Å². The highest BCUT2D eigenvalue weighted by Gasteiger charge is 2.11. The first-order valence-electron chi connectivity index (χ1n) is 7.66. The van der Waals surface area contributed by atoms with Crippen LogP contribution in [-0.4, -0.2) is 10.9 Å². The number of thiazole rings is 1. The van der Waals surface area contributed by atoms with Crippen molar-refractivity contribution in [1.82, 2.24) is 4.98 Å². The van der Waals surface area contributed by atoms with E-state index < -0.39 is 5.91 Å². The molecule has 0 fully saturated rings. The summed E-state index contributed by atoms with van der Waals surface area (Å²) in [5.41, 5.74) is 8.02. The molecule has 0 radical (unpaired) electrons. The van der Waals surface area contributed by atoms with Gasteiger partial charge < -0.3 is 11.1 Å². The van der Waals surface area contributed by atoms with Crippen LogP contribution in [0.15, 0.2) is 54.0 Å². The first kappa shape index (κ1) is 18.9. The molecule has 0 saturated heterocycles. The van der Waals surface area contributed by atoms with Gasteiger partial charge in [0.1, 0.15) is 16.6 Å². The predicted octanol–water partition coefficient (Wildman–Crippen LogP) is 5.19. The number of carbonyl (C=O) groups is 1.